The minimum absolute atomic E-state index is 0.0216. The number of fused-ring (bicyclic) bond motifs is 3. The normalized spacial score (nSPS) is 25.2. The van der Waals surface area contributed by atoms with Crippen LogP contribution >= 0.6 is 0 Å². The second-order valence-corrected chi connectivity index (χ2v) is 14.0. The van der Waals surface area contributed by atoms with Gasteiger partial charge < -0.3 is 10.2 Å². The molecule has 2 N–H and O–H groups in total. The van der Waals surface area contributed by atoms with Gasteiger partial charge in [0.15, 0.2) is 5.78 Å². The van der Waals surface area contributed by atoms with Crippen LogP contribution in [-0.2, 0) is 21.5 Å². The van der Waals surface area contributed by atoms with E-state index >= 15 is 4.79 Å². The maximum Gasteiger partial charge on any atom is 0.250 e. The van der Waals surface area contributed by atoms with Gasteiger partial charge >= 0.3 is 0 Å². The highest BCUT2D eigenvalue weighted by molar-refractivity contribution is 6.16. The van der Waals surface area contributed by atoms with E-state index in [0.717, 1.165) is 44.6 Å². The van der Waals surface area contributed by atoms with Crippen molar-refractivity contribution in [1.82, 2.24) is 10.2 Å². The highest BCUT2D eigenvalue weighted by atomic mass is 16.2. The maximum absolute atomic E-state index is 16.0. The Morgan fingerprint density at radius 2 is 1.42 bits per heavy atom. The molecule has 50 heavy (non-hydrogen) atoms. The van der Waals surface area contributed by atoms with Crippen LogP contribution in [-0.4, -0.2) is 35.7 Å². The molecule has 2 saturated heterocycles. The first kappa shape index (κ1) is 31.7. The van der Waals surface area contributed by atoms with Crippen molar-refractivity contribution < 1.29 is 9.59 Å². The van der Waals surface area contributed by atoms with E-state index in [2.05, 4.69) is 121 Å². The summed E-state index contributed by atoms with van der Waals surface area (Å²) in [4.78, 5) is 33.2. The van der Waals surface area contributed by atoms with Crippen LogP contribution in [0.2, 0.25) is 0 Å². The van der Waals surface area contributed by atoms with E-state index in [1.54, 1.807) is 0 Å². The number of likely N-dealkylation sites (tertiary alicyclic amines) is 1. The van der Waals surface area contributed by atoms with E-state index in [1.165, 1.54) is 0 Å². The largest absolute Gasteiger partial charge is 0.372 e. The Balaban J connectivity index is 1.41. The summed E-state index contributed by atoms with van der Waals surface area (Å²) in [6.07, 6.45) is 6.94. The first-order valence-corrected chi connectivity index (χ1v) is 17.5. The van der Waals surface area contributed by atoms with Gasteiger partial charge in [-0.3, -0.25) is 14.9 Å². The average Bonchev–Trinajstić information content (AvgIpc) is 3.58. The zero-order chi connectivity index (χ0) is 34.3. The minimum Gasteiger partial charge on any atom is -0.372 e. The Morgan fingerprint density at radius 3 is 2.18 bits per heavy atom. The molecule has 5 aromatic carbocycles. The summed E-state index contributed by atoms with van der Waals surface area (Å²) in [5, 5.41) is 7.20. The van der Waals surface area contributed by atoms with Crippen molar-refractivity contribution >= 4 is 29.5 Å². The minimum atomic E-state index is -1.32. The third-order valence-corrected chi connectivity index (χ3v) is 11.1. The van der Waals surface area contributed by atoms with E-state index in [0.29, 0.717) is 25.1 Å². The smallest absolute Gasteiger partial charge is 0.250 e. The van der Waals surface area contributed by atoms with Crippen LogP contribution in [0.3, 0.4) is 0 Å². The molecule has 0 aliphatic carbocycles. The molecule has 1 amide bonds. The lowest BCUT2D eigenvalue weighted by Crippen LogP contribution is -2.65. The first-order chi connectivity index (χ1) is 24.4. The first-order valence-electron chi connectivity index (χ1n) is 17.5. The quantitative estimate of drug-likeness (QED) is 0.182. The summed E-state index contributed by atoms with van der Waals surface area (Å²) in [6.45, 7) is 5.00. The van der Waals surface area contributed by atoms with Gasteiger partial charge in [-0.25, -0.2) is 0 Å². The zero-order valence-electron chi connectivity index (χ0n) is 28.5. The van der Waals surface area contributed by atoms with Crippen LogP contribution in [0.4, 0.5) is 5.69 Å². The van der Waals surface area contributed by atoms with Crippen LogP contribution in [0.15, 0.2) is 145 Å². The zero-order valence-corrected chi connectivity index (χ0v) is 28.5. The maximum atomic E-state index is 16.0. The van der Waals surface area contributed by atoms with E-state index in [1.807, 2.05) is 60.7 Å². The monoisotopic (exact) mass is 655 g/mol. The summed E-state index contributed by atoms with van der Waals surface area (Å²) in [6, 6.07) is 44.9. The van der Waals surface area contributed by atoms with Crippen LogP contribution in [0.1, 0.15) is 44.9 Å². The molecule has 5 heteroatoms. The van der Waals surface area contributed by atoms with Crippen LogP contribution in [0.5, 0.6) is 0 Å². The van der Waals surface area contributed by atoms with Gasteiger partial charge in [0.25, 0.3) is 5.91 Å². The van der Waals surface area contributed by atoms with Crippen molar-refractivity contribution in [3.63, 3.8) is 0 Å². The molecule has 3 heterocycles. The molecular formula is C45H41N3O2. The van der Waals surface area contributed by atoms with Gasteiger partial charge in [0.05, 0.1) is 5.41 Å². The van der Waals surface area contributed by atoms with Gasteiger partial charge in [-0.15, -0.1) is 0 Å². The molecule has 3 aliphatic heterocycles. The summed E-state index contributed by atoms with van der Waals surface area (Å²) in [7, 11) is 0. The number of carbonyl (C=O) groups is 2. The van der Waals surface area contributed by atoms with Crippen LogP contribution in [0.25, 0.3) is 12.2 Å². The van der Waals surface area contributed by atoms with E-state index < -0.39 is 11.0 Å². The Bertz CT molecular complexity index is 2140. The summed E-state index contributed by atoms with van der Waals surface area (Å²) < 4.78 is 0. The van der Waals surface area contributed by atoms with Crippen molar-refractivity contribution in [2.45, 2.75) is 37.8 Å². The molecule has 5 aromatic rings. The lowest BCUT2D eigenvalue weighted by molar-refractivity contribution is -0.141. The number of para-hydroxylation sites is 1. The van der Waals surface area contributed by atoms with Gasteiger partial charge in [-0.1, -0.05) is 127 Å². The number of hydrogen-bond acceptors (Lipinski definition) is 4. The fraction of sp³-hybridized carbons (Fsp3) is 0.200. The highest BCUT2D eigenvalue weighted by Gasteiger charge is 2.75. The fourth-order valence-electron chi connectivity index (χ4n) is 8.83. The Hall–Kier alpha value is -5.52. The van der Waals surface area contributed by atoms with Crippen LogP contribution < -0.4 is 10.6 Å². The second-order valence-electron chi connectivity index (χ2n) is 14.0. The second kappa shape index (κ2) is 12.7. The molecule has 2 spiro atoms. The van der Waals surface area contributed by atoms with E-state index in [9.17, 15) is 4.79 Å². The Labute approximate surface area is 294 Å². The number of nitrogens with one attached hydrogen (secondary N) is 2. The molecule has 0 bridgehead atoms. The lowest BCUT2D eigenvalue weighted by Gasteiger charge is -2.50. The van der Waals surface area contributed by atoms with E-state index in [-0.39, 0.29) is 23.7 Å². The Morgan fingerprint density at radius 1 is 0.760 bits per heavy atom. The van der Waals surface area contributed by atoms with Crippen molar-refractivity contribution in [2.75, 3.05) is 18.4 Å². The predicted molar refractivity (Wildman–Crippen MR) is 201 cm³/mol. The molecule has 248 valence electrons. The van der Waals surface area contributed by atoms with Crippen molar-refractivity contribution in [3.8, 4) is 0 Å². The number of anilines is 1. The number of aryl methyl sites for hydroxylation is 2. The number of carbonyl (C=O) groups excluding carboxylic acids is 2. The SMILES string of the molecule is Cc1ccccc1/C=C1\CN(/C=C/c2ccccc2)C[C@]2(C1=O)[C@H](c1ccccc1C)[C@@H](Cc1ccccc1)N[C@]21C(=O)Nc2ccccc21. The van der Waals surface area contributed by atoms with Crippen molar-refractivity contribution in [2.24, 2.45) is 5.41 Å². The lowest BCUT2D eigenvalue weighted by atomic mass is 9.55. The Kier molecular flexibility index (Phi) is 8.08. The highest BCUT2D eigenvalue weighted by Crippen LogP contribution is 2.63. The molecule has 8 rings (SSSR count). The summed E-state index contributed by atoms with van der Waals surface area (Å²) in [5.74, 6) is -0.486. The molecular weight excluding hydrogens is 615 g/mol. The van der Waals surface area contributed by atoms with Gasteiger partial charge in [0.1, 0.15) is 5.54 Å². The third-order valence-electron chi connectivity index (χ3n) is 11.1. The number of hydrogen-bond donors (Lipinski definition) is 2. The number of amides is 1. The standard InChI is InChI=1S/C45H41N3O2/c1-31-15-9-11-21-35(31)28-36-29-48(26-25-33-17-5-3-6-18-33)30-44(42(36)49)41(37-22-12-10-16-32(37)2)40(27-34-19-7-4-8-20-34)47-45(44)38-23-13-14-24-39(38)46-43(45)50/h3-26,28,40-41,47H,27,29-30H2,1-2H3,(H,46,50)/b26-25+,36-28+/t40-,41-,44-,45-/m1/s1. The number of nitrogens with zero attached hydrogens (tertiary/aromatic N) is 1. The molecule has 3 aliphatic rings. The molecule has 5 nitrogen and oxygen atoms in total. The number of Topliss-reactive ketones (excluding diaryl/α,β-unsaturated/α-hetero) is 1. The fourth-order valence-corrected chi connectivity index (χ4v) is 8.83. The van der Waals surface area contributed by atoms with Gasteiger partial charge in [0.2, 0.25) is 0 Å². The van der Waals surface area contributed by atoms with Gasteiger partial charge in [-0.2, -0.15) is 0 Å². The average molecular weight is 656 g/mol. The topological polar surface area (TPSA) is 61.4 Å². The molecule has 0 aromatic heterocycles. The summed E-state index contributed by atoms with van der Waals surface area (Å²) in [5.41, 5.74) is 6.27. The van der Waals surface area contributed by atoms with Crippen molar-refractivity contribution in [1.29, 1.82) is 0 Å². The molecule has 2 fully saturated rings. The molecule has 4 atom stereocenters. The summed E-state index contributed by atoms with van der Waals surface area (Å²) >= 11 is 0. The molecule has 0 unspecified atom stereocenters. The molecule has 0 saturated carbocycles. The van der Waals surface area contributed by atoms with E-state index in [4.69, 9.17) is 0 Å². The van der Waals surface area contributed by atoms with Crippen LogP contribution in [0, 0.1) is 19.3 Å². The number of piperidine rings is 1. The predicted octanol–water partition coefficient (Wildman–Crippen LogP) is 8.07. The number of benzene rings is 5. The molecule has 0 radical (unpaired) electrons. The van der Waals surface area contributed by atoms with Gasteiger partial charge in [0, 0.05) is 41.9 Å². The third kappa shape index (κ3) is 5.12. The van der Waals surface area contributed by atoms with Crippen molar-refractivity contribution in [3.05, 3.63) is 184 Å². The number of ketones is 1. The van der Waals surface area contributed by atoms with Gasteiger partial charge in [-0.05, 0) is 78.1 Å². The number of rotatable bonds is 6.